The smallest absolute Gasteiger partial charge is 0 e. The van der Waals surface area contributed by atoms with E-state index in [9.17, 15) is 0 Å². The van der Waals surface area contributed by atoms with Gasteiger partial charge in [-0.3, -0.25) is 0 Å². The van der Waals surface area contributed by atoms with E-state index in [0.29, 0.717) is 0 Å². The second kappa shape index (κ2) is 9.15. The number of hydrogen-bond acceptors (Lipinski definition) is 1. The van der Waals surface area contributed by atoms with Gasteiger partial charge < -0.3 is 11.8 Å². The molecule has 0 heterocycles. The van der Waals surface area contributed by atoms with Gasteiger partial charge in [-0.05, 0) is 25.4 Å². The Bertz CT molecular complexity index is 74.0. The Hall–Kier alpha value is 1.06. The fourth-order valence-electron chi connectivity index (χ4n) is 1.13. The zero-order valence-electron chi connectivity index (χ0n) is 8.14. The van der Waals surface area contributed by atoms with E-state index in [1.54, 1.807) is 0 Å². The number of nitrogens with zero attached hydrogens (tertiary/aromatic N) is 1. The second-order valence-corrected chi connectivity index (χ2v) is 3.19. The summed E-state index contributed by atoms with van der Waals surface area (Å²) in [6, 6.07) is 0. The summed E-state index contributed by atoms with van der Waals surface area (Å²) in [5, 5.41) is 0. The van der Waals surface area contributed by atoms with Crippen LogP contribution in [0.5, 0.6) is 0 Å². The summed E-state index contributed by atoms with van der Waals surface area (Å²) in [7, 11) is 0. The van der Waals surface area contributed by atoms with Crippen LogP contribution in [0, 0.1) is 12.8 Å². The Labute approximate surface area is 96.8 Å². The molecule has 0 fully saturated rings. The molecule has 11 heavy (non-hydrogen) atoms. The van der Waals surface area contributed by atoms with Crippen LogP contribution < -0.4 is 0 Å². The minimum atomic E-state index is 0. The maximum Gasteiger partial charge on any atom is 0 e. The van der Waals surface area contributed by atoms with Gasteiger partial charge in [-0.2, -0.15) is 0 Å². The maximum atomic E-state index is 3.88. The SMILES string of the molecule is [CH2-]CN(CCC)CC(C)C.[Y]. The molecule has 0 aromatic carbocycles. The molecule has 0 aliphatic carbocycles. The van der Waals surface area contributed by atoms with Gasteiger partial charge in [-0.15, -0.1) is 6.54 Å². The molecule has 1 nitrogen and oxygen atoms in total. The van der Waals surface area contributed by atoms with Gasteiger partial charge in [0.2, 0.25) is 0 Å². The zero-order chi connectivity index (χ0) is 7.98. The molecule has 0 amide bonds. The average Bonchev–Trinajstić information content (AvgIpc) is 1.86. The summed E-state index contributed by atoms with van der Waals surface area (Å²) < 4.78 is 0. The Balaban J connectivity index is 0. The maximum absolute atomic E-state index is 3.88. The molecule has 0 aliphatic rings. The molecule has 0 aromatic heterocycles. The second-order valence-electron chi connectivity index (χ2n) is 3.19. The quantitative estimate of drug-likeness (QED) is 0.655. The van der Waals surface area contributed by atoms with Crippen molar-refractivity contribution in [2.24, 2.45) is 5.92 Å². The van der Waals surface area contributed by atoms with Crippen molar-refractivity contribution in [2.75, 3.05) is 19.6 Å². The van der Waals surface area contributed by atoms with Gasteiger partial charge in [0.1, 0.15) is 0 Å². The number of rotatable bonds is 5. The first-order valence-electron chi connectivity index (χ1n) is 4.22. The molecule has 0 aromatic rings. The predicted octanol–water partition coefficient (Wildman–Crippen LogP) is 2.19. The molecule has 0 saturated carbocycles. The van der Waals surface area contributed by atoms with Crippen LogP contribution in [-0.2, 0) is 32.7 Å². The van der Waals surface area contributed by atoms with Gasteiger partial charge in [0.15, 0.2) is 0 Å². The molecule has 65 valence electrons. The van der Waals surface area contributed by atoms with Crippen LogP contribution in [0.2, 0.25) is 0 Å². The van der Waals surface area contributed by atoms with E-state index in [0.717, 1.165) is 12.5 Å². The van der Waals surface area contributed by atoms with Crippen LogP contribution in [-0.4, -0.2) is 24.5 Å². The van der Waals surface area contributed by atoms with Crippen LogP contribution in [0.4, 0.5) is 0 Å². The molecular formula is C9H20NY-. The minimum Gasteiger partial charge on any atom is -0.333 e. The molecule has 1 radical (unpaired) electrons. The standard InChI is InChI=1S/C9H20N.Y/c1-5-7-10(6-2)8-9(3)4;/h9H,2,5-8H2,1,3-4H3;/q-1;. The molecular weight excluding hydrogens is 211 g/mol. The fourth-order valence-corrected chi connectivity index (χ4v) is 1.13. The topological polar surface area (TPSA) is 3.24 Å². The first-order chi connectivity index (χ1) is 4.70. The van der Waals surface area contributed by atoms with Crippen molar-refractivity contribution in [3.05, 3.63) is 6.92 Å². The Morgan fingerprint density at radius 1 is 1.36 bits per heavy atom. The van der Waals surface area contributed by atoms with E-state index in [4.69, 9.17) is 0 Å². The Morgan fingerprint density at radius 3 is 2.18 bits per heavy atom. The third-order valence-electron chi connectivity index (χ3n) is 1.48. The van der Waals surface area contributed by atoms with E-state index in [1.165, 1.54) is 19.5 Å². The van der Waals surface area contributed by atoms with Crippen LogP contribution in [0.3, 0.4) is 0 Å². The van der Waals surface area contributed by atoms with Gasteiger partial charge in [-0.25, -0.2) is 0 Å². The van der Waals surface area contributed by atoms with Crippen molar-refractivity contribution in [3.8, 4) is 0 Å². The van der Waals surface area contributed by atoms with Crippen LogP contribution in [0.15, 0.2) is 0 Å². The molecule has 0 saturated heterocycles. The summed E-state index contributed by atoms with van der Waals surface area (Å²) in [6.07, 6.45) is 1.24. The molecule has 0 N–H and O–H groups in total. The number of hydrogen-bond donors (Lipinski definition) is 0. The van der Waals surface area contributed by atoms with Crippen molar-refractivity contribution in [1.29, 1.82) is 0 Å². The summed E-state index contributed by atoms with van der Waals surface area (Å²) in [4.78, 5) is 2.39. The van der Waals surface area contributed by atoms with Crippen molar-refractivity contribution >= 4 is 0 Å². The van der Waals surface area contributed by atoms with Gasteiger partial charge in [-0.1, -0.05) is 20.8 Å². The summed E-state index contributed by atoms with van der Waals surface area (Å²) in [6.45, 7) is 13.9. The normalized spacial score (nSPS) is 10.4. The summed E-state index contributed by atoms with van der Waals surface area (Å²) in [5.74, 6) is 0.772. The van der Waals surface area contributed by atoms with E-state index in [-0.39, 0.29) is 32.7 Å². The predicted molar refractivity (Wildman–Crippen MR) is 46.9 cm³/mol. The molecule has 0 unspecified atom stereocenters. The third-order valence-corrected chi connectivity index (χ3v) is 1.48. The molecule has 0 bridgehead atoms. The van der Waals surface area contributed by atoms with Crippen LogP contribution in [0.1, 0.15) is 27.2 Å². The molecule has 0 spiro atoms. The Kier molecular flexibility index (Phi) is 12.1. The van der Waals surface area contributed by atoms with Crippen molar-refractivity contribution in [3.63, 3.8) is 0 Å². The first-order valence-corrected chi connectivity index (χ1v) is 4.22. The zero-order valence-corrected chi connectivity index (χ0v) is 11.0. The van der Waals surface area contributed by atoms with Gasteiger partial charge >= 0.3 is 0 Å². The molecule has 0 atom stereocenters. The van der Waals surface area contributed by atoms with Crippen molar-refractivity contribution in [1.82, 2.24) is 4.90 Å². The van der Waals surface area contributed by atoms with Gasteiger partial charge in [0.05, 0.1) is 0 Å². The Morgan fingerprint density at radius 2 is 1.91 bits per heavy atom. The van der Waals surface area contributed by atoms with E-state index in [2.05, 4.69) is 32.6 Å². The first kappa shape index (κ1) is 14.6. The summed E-state index contributed by atoms with van der Waals surface area (Å²) in [5.41, 5.74) is 0. The molecule has 0 rings (SSSR count). The van der Waals surface area contributed by atoms with E-state index < -0.39 is 0 Å². The van der Waals surface area contributed by atoms with Crippen molar-refractivity contribution < 1.29 is 32.7 Å². The van der Waals surface area contributed by atoms with Crippen LogP contribution >= 0.6 is 0 Å². The fraction of sp³-hybridized carbons (Fsp3) is 0.889. The largest absolute Gasteiger partial charge is 0.333 e. The molecule has 2 heteroatoms. The van der Waals surface area contributed by atoms with Gasteiger partial charge in [0.25, 0.3) is 0 Å². The molecule has 0 aliphatic heterocycles. The minimum absolute atomic E-state index is 0. The third kappa shape index (κ3) is 8.97. The van der Waals surface area contributed by atoms with Crippen molar-refractivity contribution in [2.45, 2.75) is 27.2 Å². The average molecular weight is 231 g/mol. The van der Waals surface area contributed by atoms with E-state index >= 15 is 0 Å². The van der Waals surface area contributed by atoms with Crippen LogP contribution in [0.25, 0.3) is 0 Å². The summed E-state index contributed by atoms with van der Waals surface area (Å²) >= 11 is 0. The van der Waals surface area contributed by atoms with E-state index in [1.807, 2.05) is 0 Å². The van der Waals surface area contributed by atoms with Gasteiger partial charge in [0, 0.05) is 32.7 Å². The monoisotopic (exact) mass is 231 g/mol.